The van der Waals surface area contributed by atoms with E-state index in [1.54, 1.807) is 11.8 Å². The van der Waals surface area contributed by atoms with E-state index in [2.05, 4.69) is 17.1 Å². The number of benzene rings is 2. The van der Waals surface area contributed by atoms with E-state index in [4.69, 9.17) is 0 Å². The van der Waals surface area contributed by atoms with Crippen LogP contribution in [-0.2, 0) is 11.3 Å². The number of thiophene rings is 1. The summed E-state index contributed by atoms with van der Waals surface area (Å²) in [6, 6.07) is 17.9. The predicted octanol–water partition coefficient (Wildman–Crippen LogP) is 4.96. The standard InChI is InChI=1S/C24H21N3O2S2/c1-15-16(2)31-23-22(15)24(29)26(14-25-23)12-21(28)27-18-10-6-7-11-20(18)30-13-19(27)17-8-4-3-5-9-17/h3-11,14,19H,12-13H2,1-2H3. The molecule has 3 heterocycles. The second kappa shape index (κ2) is 7.98. The molecular weight excluding hydrogens is 426 g/mol. The predicted molar refractivity (Wildman–Crippen MR) is 127 cm³/mol. The first-order valence-corrected chi connectivity index (χ1v) is 11.9. The number of hydrogen-bond acceptors (Lipinski definition) is 5. The van der Waals surface area contributed by atoms with Gasteiger partial charge in [-0.3, -0.25) is 14.2 Å². The van der Waals surface area contributed by atoms with Gasteiger partial charge in [0.05, 0.1) is 23.4 Å². The Labute approximate surface area is 188 Å². The number of hydrogen-bond donors (Lipinski definition) is 0. The first-order chi connectivity index (χ1) is 15.0. The number of carbonyl (C=O) groups excluding carboxylic acids is 1. The van der Waals surface area contributed by atoms with Crippen molar-refractivity contribution in [2.24, 2.45) is 0 Å². The molecule has 7 heteroatoms. The number of rotatable bonds is 3. The molecule has 1 atom stereocenters. The Morgan fingerprint density at radius 1 is 1.10 bits per heavy atom. The Morgan fingerprint density at radius 3 is 2.65 bits per heavy atom. The van der Waals surface area contributed by atoms with Crippen LogP contribution in [0.2, 0.25) is 0 Å². The van der Waals surface area contributed by atoms with Gasteiger partial charge >= 0.3 is 0 Å². The fraction of sp³-hybridized carbons (Fsp3) is 0.208. The van der Waals surface area contributed by atoms with E-state index in [1.807, 2.05) is 61.2 Å². The summed E-state index contributed by atoms with van der Waals surface area (Å²) in [6.07, 6.45) is 1.50. The van der Waals surface area contributed by atoms with Gasteiger partial charge in [0.2, 0.25) is 5.91 Å². The van der Waals surface area contributed by atoms with Gasteiger partial charge in [0, 0.05) is 15.5 Å². The fourth-order valence-corrected chi connectivity index (χ4v) is 6.18. The highest BCUT2D eigenvalue weighted by Gasteiger charge is 2.32. The van der Waals surface area contributed by atoms with Crippen molar-refractivity contribution >= 4 is 44.9 Å². The molecule has 0 bridgehead atoms. The number of para-hydroxylation sites is 1. The fourth-order valence-electron chi connectivity index (χ4n) is 4.02. The van der Waals surface area contributed by atoms with Crippen molar-refractivity contribution in [3.8, 4) is 0 Å². The maximum atomic E-state index is 13.6. The molecule has 4 aromatic rings. The van der Waals surface area contributed by atoms with E-state index >= 15 is 0 Å². The average molecular weight is 448 g/mol. The summed E-state index contributed by atoms with van der Waals surface area (Å²) in [5.41, 5.74) is 2.77. The summed E-state index contributed by atoms with van der Waals surface area (Å²) in [5.74, 6) is 0.649. The van der Waals surface area contributed by atoms with Gasteiger partial charge in [-0.1, -0.05) is 42.5 Å². The van der Waals surface area contributed by atoms with Crippen LogP contribution in [0.25, 0.3) is 10.2 Å². The molecule has 1 aliphatic rings. The number of fused-ring (bicyclic) bond motifs is 2. The van der Waals surface area contributed by atoms with Crippen LogP contribution in [0.1, 0.15) is 22.0 Å². The zero-order valence-electron chi connectivity index (χ0n) is 17.2. The van der Waals surface area contributed by atoms with Crippen LogP contribution in [0.4, 0.5) is 5.69 Å². The normalized spacial score (nSPS) is 15.8. The Bertz CT molecular complexity index is 1340. The number of aryl methyl sites for hydroxylation is 2. The highest BCUT2D eigenvalue weighted by molar-refractivity contribution is 7.99. The van der Waals surface area contributed by atoms with Crippen molar-refractivity contribution in [3.05, 3.63) is 87.3 Å². The van der Waals surface area contributed by atoms with Crippen LogP contribution in [0.15, 0.2) is 70.6 Å². The Hall–Kier alpha value is -2.90. The number of carbonyl (C=O) groups is 1. The van der Waals surface area contributed by atoms with Crippen molar-refractivity contribution < 1.29 is 4.79 Å². The molecule has 31 heavy (non-hydrogen) atoms. The van der Waals surface area contributed by atoms with Crippen LogP contribution < -0.4 is 10.5 Å². The minimum atomic E-state index is -0.156. The summed E-state index contributed by atoms with van der Waals surface area (Å²) in [7, 11) is 0. The molecule has 0 radical (unpaired) electrons. The lowest BCUT2D eigenvalue weighted by atomic mass is 10.1. The number of nitrogens with zero attached hydrogens (tertiary/aromatic N) is 3. The summed E-state index contributed by atoms with van der Waals surface area (Å²) in [6.45, 7) is 3.88. The van der Waals surface area contributed by atoms with Crippen molar-refractivity contribution in [3.63, 3.8) is 0 Å². The minimum Gasteiger partial charge on any atom is -0.301 e. The topological polar surface area (TPSA) is 55.2 Å². The minimum absolute atomic E-state index is 0.0432. The first kappa shape index (κ1) is 20.0. The molecule has 0 N–H and O–H groups in total. The highest BCUT2D eigenvalue weighted by Crippen LogP contribution is 2.43. The largest absolute Gasteiger partial charge is 0.301 e. The van der Waals surface area contributed by atoms with Crippen LogP contribution in [-0.4, -0.2) is 21.2 Å². The van der Waals surface area contributed by atoms with Gasteiger partial charge in [-0.15, -0.1) is 23.1 Å². The molecule has 0 aliphatic carbocycles. The maximum Gasteiger partial charge on any atom is 0.262 e. The van der Waals surface area contributed by atoms with E-state index < -0.39 is 0 Å². The lowest BCUT2D eigenvalue weighted by Crippen LogP contribution is -2.42. The van der Waals surface area contributed by atoms with Gasteiger partial charge in [0.25, 0.3) is 5.56 Å². The van der Waals surface area contributed by atoms with E-state index in [0.29, 0.717) is 5.39 Å². The van der Waals surface area contributed by atoms with Gasteiger partial charge in [-0.05, 0) is 37.1 Å². The molecule has 0 saturated carbocycles. The number of aromatic nitrogens is 2. The third-order valence-electron chi connectivity index (χ3n) is 5.75. The molecule has 5 rings (SSSR count). The van der Waals surface area contributed by atoms with E-state index in [-0.39, 0.29) is 24.1 Å². The zero-order chi connectivity index (χ0) is 21.5. The van der Waals surface area contributed by atoms with Crippen molar-refractivity contribution in [2.75, 3.05) is 10.7 Å². The third-order valence-corrected chi connectivity index (χ3v) is 8.00. The summed E-state index contributed by atoms with van der Waals surface area (Å²) in [5, 5.41) is 0.618. The van der Waals surface area contributed by atoms with Gasteiger partial charge in [0.1, 0.15) is 11.4 Å². The molecule has 0 saturated heterocycles. The second-order valence-corrected chi connectivity index (χ2v) is 9.88. The SMILES string of the molecule is Cc1sc2ncn(CC(=O)N3c4ccccc4SCC3c3ccccc3)c(=O)c2c1C. The molecular formula is C24H21N3O2S2. The third kappa shape index (κ3) is 3.47. The monoisotopic (exact) mass is 447 g/mol. The number of thioether (sulfide) groups is 1. The van der Waals surface area contributed by atoms with Gasteiger partial charge < -0.3 is 4.90 Å². The van der Waals surface area contributed by atoms with Crippen molar-refractivity contribution in [1.82, 2.24) is 9.55 Å². The van der Waals surface area contributed by atoms with Gasteiger partial charge in [-0.25, -0.2) is 4.98 Å². The molecule has 1 aliphatic heterocycles. The van der Waals surface area contributed by atoms with Crippen molar-refractivity contribution in [1.29, 1.82) is 0 Å². The van der Waals surface area contributed by atoms with Gasteiger partial charge in [0.15, 0.2) is 0 Å². The van der Waals surface area contributed by atoms with E-state index in [0.717, 1.165) is 37.2 Å². The number of anilines is 1. The lowest BCUT2D eigenvalue weighted by Gasteiger charge is -2.37. The first-order valence-electron chi connectivity index (χ1n) is 10.1. The molecule has 5 nitrogen and oxygen atoms in total. The summed E-state index contributed by atoms with van der Waals surface area (Å²) in [4.78, 5) is 35.9. The molecule has 156 valence electrons. The molecule has 2 aromatic carbocycles. The molecule has 1 unspecified atom stereocenters. The lowest BCUT2D eigenvalue weighted by molar-refractivity contribution is -0.119. The summed E-state index contributed by atoms with van der Waals surface area (Å²) >= 11 is 3.27. The Morgan fingerprint density at radius 2 is 1.84 bits per heavy atom. The molecule has 0 fully saturated rings. The van der Waals surface area contributed by atoms with Crippen molar-refractivity contribution in [2.45, 2.75) is 31.3 Å². The molecule has 0 spiro atoms. The average Bonchev–Trinajstić information content (AvgIpc) is 3.09. The van der Waals surface area contributed by atoms with Crippen LogP contribution >= 0.6 is 23.1 Å². The number of amides is 1. The summed E-state index contributed by atoms with van der Waals surface area (Å²) < 4.78 is 1.44. The highest BCUT2D eigenvalue weighted by atomic mass is 32.2. The second-order valence-electron chi connectivity index (χ2n) is 7.61. The smallest absolute Gasteiger partial charge is 0.262 e. The van der Waals surface area contributed by atoms with E-state index in [1.165, 1.54) is 22.2 Å². The Kier molecular flexibility index (Phi) is 5.16. The van der Waals surface area contributed by atoms with E-state index in [9.17, 15) is 9.59 Å². The maximum absolute atomic E-state index is 13.6. The molecule has 1 amide bonds. The zero-order valence-corrected chi connectivity index (χ0v) is 18.9. The van der Waals surface area contributed by atoms with Crippen LogP contribution in [0.3, 0.4) is 0 Å². The van der Waals surface area contributed by atoms with Gasteiger partial charge in [-0.2, -0.15) is 0 Å². The Balaban J connectivity index is 1.56. The van der Waals surface area contributed by atoms with Crippen LogP contribution in [0, 0.1) is 13.8 Å². The van der Waals surface area contributed by atoms with Crippen LogP contribution in [0.5, 0.6) is 0 Å². The quantitative estimate of drug-likeness (QED) is 0.446. The molecule has 2 aromatic heterocycles.